The first-order chi connectivity index (χ1) is 17.4. The summed E-state index contributed by atoms with van der Waals surface area (Å²) < 4.78 is 1.56. The average Bonchev–Trinajstić information content (AvgIpc) is 2.87. The van der Waals surface area contributed by atoms with Gasteiger partial charge in [0.25, 0.3) is 11.5 Å². The van der Waals surface area contributed by atoms with E-state index in [2.05, 4.69) is 32.4 Å². The van der Waals surface area contributed by atoms with Crippen LogP contribution >= 0.6 is 0 Å². The molecule has 0 aliphatic carbocycles. The van der Waals surface area contributed by atoms with Crippen LogP contribution in [0.5, 0.6) is 0 Å². The Morgan fingerprint density at radius 1 is 1.08 bits per heavy atom. The molecule has 0 aliphatic rings. The molecule has 9 heteroatoms. The van der Waals surface area contributed by atoms with Crippen LogP contribution in [0, 0.1) is 11.8 Å². The maximum Gasteiger partial charge on any atom is 0.274 e. The van der Waals surface area contributed by atoms with E-state index < -0.39 is 11.9 Å². The van der Waals surface area contributed by atoms with Crippen LogP contribution in [0.3, 0.4) is 0 Å². The first-order valence-corrected chi connectivity index (χ1v) is 11.2. The molecule has 2 aromatic carbocycles. The van der Waals surface area contributed by atoms with Crippen LogP contribution in [0.25, 0.3) is 16.5 Å². The lowest BCUT2D eigenvalue weighted by Gasteiger charge is -2.21. The Bertz CT molecular complexity index is 1570. The van der Waals surface area contributed by atoms with Gasteiger partial charge in [0.15, 0.2) is 11.5 Å². The van der Waals surface area contributed by atoms with Crippen molar-refractivity contribution in [2.45, 2.75) is 19.9 Å². The van der Waals surface area contributed by atoms with Gasteiger partial charge in [-0.2, -0.15) is 0 Å². The van der Waals surface area contributed by atoms with Crippen molar-refractivity contribution in [2.24, 2.45) is 0 Å². The van der Waals surface area contributed by atoms with Gasteiger partial charge in [0.2, 0.25) is 5.91 Å². The number of rotatable bonds is 5. The van der Waals surface area contributed by atoms with Crippen LogP contribution in [0.4, 0.5) is 5.82 Å². The van der Waals surface area contributed by atoms with Gasteiger partial charge in [-0.3, -0.25) is 19.0 Å². The summed E-state index contributed by atoms with van der Waals surface area (Å²) in [5.41, 5.74) is 7.29. The molecule has 2 amide bonds. The predicted molar refractivity (Wildman–Crippen MR) is 137 cm³/mol. The van der Waals surface area contributed by atoms with E-state index >= 15 is 0 Å². The Morgan fingerprint density at radius 3 is 2.56 bits per heavy atom. The van der Waals surface area contributed by atoms with Crippen molar-refractivity contribution in [2.75, 3.05) is 12.3 Å². The first-order valence-electron chi connectivity index (χ1n) is 11.2. The molecule has 2 aromatic heterocycles. The fourth-order valence-corrected chi connectivity index (χ4v) is 3.82. The van der Waals surface area contributed by atoms with E-state index in [1.54, 1.807) is 17.6 Å². The van der Waals surface area contributed by atoms with Gasteiger partial charge in [-0.1, -0.05) is 42.2 Å². The minimum absolute atomic E-state index is 0.00970. The summed E-state index contributed by atoms with van der Waals surface area (Å²) >= 11 is 0. The lowest BCUT2D eigenvalue weighted by molar-refractivity contribution is -0.118. The second kappa shape index (κ2) is 10.5. The van der Waals surface area contributed by atoms with Gasteiger partial charge in [-0.15, -0.1) is 0 Å². The van der Waals surface area contributed by atoms with Gasteiger partial charge in [0.1, 0.15) is 0 Å². The standard InChI is InChI=1S/C27H24N6O3/c1-17(32-26(35)24-25(28)31-15-14-30-24)22-16-20-9-6-8-19(10-7-13-29-18(2)34)23(20)27(36)33(22)21-11-4-3-5-12-21/h3-6,8-9,11-12,14-17H,13H2,1-2H3,(H2,28,31)(H,29,34)(H,32,35)/t17-/m1/s1. The van der Waals surface area contributed by atoms with Crippen molar-refractivity contribution in [3.8, 4) is 17.5 Å². The molecule has 4 aromatic rings. The second-order valence-corrected chi connectivity index (χ2v) is 8.01. The summed E-state index contributed by atoms with van der Waals surface area (Å²) in [5, 5.41) is 6.61. The second-order valence-electron chi connectivity index (χ2n) is 8.01. The fraction of sp³-hybridized carbons (Fsp3) is 0.148. The highest BCUT2D eigenvalue weighted by Crippen LogP contribution is 2.23. The Morgan fingerprint density at radius 2 is 1.83 bits per heavy atom. The third-order valence-electron chi connectivity index (χ3n) is 5.47. The van der Waals surface area contributed by atoms with Gasteiger partial charge >= 0.3 is 0 Å². The number of benzene rings is 2. The van der Waals surface area contributed by atoms with Gasteiger partial charge < -0.3 is 16.4 Å². The molecule has 0 radical (unpaired) electrons. The predicted octanol–water partition coefficient (Wildman–Crippen LogP) is 2.34. The topological polar surface area (TPSA) is 132 Å². The number of fused-ring (bicyclic) bond motifs is 1. The summed E-state index contributed by atoms with van der Waals surface area (Å²) in [5.74, 6) is 5.21. The van der Waals surface area contributed by atoms with E-state index in [9.17, 15) is 14.4 Å². The largest absolute Gasteiger partial charge is 0.382 e. The monoisotopic (exact) mass is 480 g/mol. The normalized spacial score (nSPS) is 11.3. The van der Waals surface area contributed by atoms with E-state index in [4.69, 9.17) is 5.73 Å². The smallest absolute Gasteiger partial charge is 0.274 e. The molecule has 0 spiro atoms. The molecule has 180 valence electrons. The molecule has 2 heterocycles. The lowest BCUT2D eigenvalue weighted by Crippen LogP contribution is -2.33. The zero-order valence-electron chi connectivity index (χ0n) is 19.8. The number of hydrogen-bond acceptors (Lipinski definition) is 6. The van der Waals surface area contributed by atoms with Gasteiger partial charge in [-0.05, 0) is 36.6 Å². The van der Waals surface area contributed by atoms with Crippen LogP contribution in [0.1, 0.15) is 41.6 Å². The number of carbonyl (C=O) groups is 2. The lowest BCUT2D eigenvalue weighted by atomic mass is 10.0. The minimum atomic E-state index is -0.578. The summed E-state index contributed by atoms with van der Waals surface area (Å²) in [6.07, 6.45) is 2.79. The number of amides is 2. The molecule has 9 nitrogen and oxygen atoms in total. The number of nitrogens with two attached hydrogens (primary N) is 1. The minimum Gasteiger partial charge on any atom is -0.382 e. The van der Waals surface area contributed by atoms with Crippen molar-refractivity contribution >= 4 is 28.4 Å². The van der Waals surface area contributed by atoms with E-state index in [0.717, 1.165) is 0 Å². The van der Waals surface area contributed by atoms with Gasteiger partial charge in [0.05, 0.1) is 18.0 Å². The number of carbonyl (C=O) groups excluding carboxylic acids is 2. The maximum atomic E-state index is 13.9. The Kier molecular flexibility index (Phi) is 7.07. The molecule has 4 N–H and O–H groups in total. The fourth-order valence-electron chi connectivity index (χ4n) is 3.82. The Balaban J connectivity index is 1.84. The molecule has 0 saturated carbocycles. The summed E-state index contributed by atoms with van der Waals surface area (Å²) in [7, 11) is 0. The number of nitrogens with zero attached hydrogens (tertiary/aromatic N) is 3. The molecule has 4 rings (SSSR count). The van der Waals surface area contributed by atoms with E-state index in [0.29, 0.717) is 27.7 Å². The Labute approximate surface area is 207 Å². The zero-order valence-corrected chi connectivity index (χ0v) is 19.8. The number of anilines is 1. The molecular weight excluding hydrogens is 456 g/mol. The molecule has 36 heavy (non-hydrogen) atoms. The van der Waals surface area contributed by atoms with Crippen LogP contribution < -0.4 is 21.9 Å². The van der Waals surface area contributed by atoms with Gasteiger partial charge in [-0.25, -0.2) is 9.97 Å². The van der Waals surface area contributed by atoms with Crippen molar-refractivity contribution < 1.29 is 9.59 Å². The van der Waals surface area contributed by atoms with E-state index in [1.165, 1.54) is 19.3 Å². The van der Waals surface area contributed by atoms with Crippen molar-refractivity contribution in [3.63, 3.8) is 0 Å². The number of aromatic nitrogens is 3. The molecular formula is C27H24N6O3. The van der Waals surface area contributed by atoms with Crippen LogP contribution in [0.15, 0.2) is 71.8 Å². The summed E-state index contributed by atoms with van der Waals surface area (Å²) in [6, 6.07) is 15.8. The van der Waals surface area contributed by atoms with Gasteiger partial charge in [0, 0.05) is 36.3 Å². The Hall–Kier alpha value is -4.97. The molecule has 0 fully saturated rings. The molecule has 0 saturated heterocycles. The van der Waals surface area contributed by atoms with E-state index in [-0.39, 0.29) is 29.5 Å². The number of nitrogen functional groups attached to an aromatic ring is 1. The van der Waals surface area contributed by atoms with Crippen molar-refractivity contribution in [3.05, 3.63) is 94.3 Å². The number of nitrogens with one attached hydrogen (secondary N) is 2. The number of pyridine rings is 1. The quantitative estimate of drug-likeness (QED) is 0.376. The molecule has 0 bridgehead atoms. The number of hydrogen-bond donors (Lipinski definition) is 3. The average molecular weight is 481 g/mol. The van der Waals surface area contributed by atoms with Crippen LogP contribution in [-0.2, 0) is 4.79 Å². The highest BCUT2D eigenvalue weighted by Gasteiger charge is 2.21. The van der Waals surface area contributed by atoms with Crippen molar-refractivity contribution in [1.82, 2.24) is 25.2 Å². The van der Waals surface area contributed by atoms with Crippen molar-refractivity contribution in [1.29, 1.82) is 0 Å². The third kappa shape index (κ3) is 5.08. The number of para-hydroxylation sites is 1. The highest BCUT2D eigenvalue weighted by atomic mass is 16.2. The SMILES string of the molecule is CC(=O)NCC#Cc1cccc2cc([C@@H](C)NC(=O)c3nccnc3N)n(-c3ccccc3)c(=O)c12. The van der Waals surface area contributed by atoms with Crippen LogP contribution in [-0.4, -0.2) is 32.9 Å². The third-order valence-corrected chi connectivity index (χ3v) is 5.47. The zero-order chi connectivity index (χ0) is 25.7. The first kappa shape index (κ1) is 24.2. The molecule has 0 aliphatic heterocycles. The summed E-state index contributed by atoms with van der Waals surface area (Å²) in [6.45, 7) is 3.37. The van der Waals surface area contributed by atoms with E-state index in [1.807, 2.05) is 48.5 Å². The highest BCUT2D eigenvalue weighted by molar-refractivity contribution is 5.96. The summed E-state index contributed by atoms with van der Waals surface area (Å²) in [4.78, 5) is 45.8. The maximum absolute atomic E-state index is 13.9. The molecule has 1 atom stereocenters. The van der Waals surface area contributed by atoms with Crippen LogP contribution in [0.2, 0.25) is 0 Å². The molecule has 0 unspecified atom stereocenters.